The summed E-state index contributed by atoms with van der Waals surface area (Å²) in [6, 6.07) is 3.24. The van der Waals surface area contributed by atoms with Gasteiger partial charge in [-0.3, -0.25) is 14.5 Å². The lowest BCUT2D eigenvalue weighted by molar-refractivity contribution is -0.154. The number of likely N-dealkylation sites (N-methyl/N-ethyl adjacent to an activating group) is 1. The molecule has 2 rings (SSSR count). The summed E-state index contributed by atoms with van der Waals surface area (Å²) in [6.07, 6.45) is 2.64. The van der Waals surface area contributed by atoms with E-state index in [-0.39, 0.29) is 13.0 Å². The predicted molar refractivity (Wildman–Crippen MR) is 57.1 cm³/mol. The van der Waals surface area contributed by atoms with Crippen molar-refractivity contribution in [3.8, 4) is 0 Å². The number of carbonyl (C=O) groups is 3. The van der Waals surface area contributed by atoms with Crippen LogP contribution < -0.4 is 0 Å². The number of rotatable bonds is 3. The highest BCUT2D eigenvalue weighted by molar-refractivity contribution is 6.17. The van der Waals surface area contributed by atoms with Gasteiger partial charge in [0.25, 0.3) is 5.91 Å². The molecule has 1 saturated heterocycles. The third-order valence-electron chi connectivity index (χ3n) is 3.02. The zero-order valence-corrected chi connectivity index (χ0v) is 9.29. The van der Waals surface area contributed by atoms with E-state index in [0.717, 1.165) is 4.90 Å². The summed E-state index contributed by atoms with van der Waals surface area (Å²) in [7, 11) is 0. The number of nitrogens with zero attached hydrogens (tertiary/aromatic N) is 2. The zero-order valence-electron chi connectivity index (χ0n) is 9.29. The molecule has 17 heavy (non-hydrogen) atoms. The minimum absolute atomic E-state index is 0.188. The molecule has 1 aliphatic heterocycles. The Kier molecular flexibility index (Phi) is 2.49. The second kappa shape index (κ2) is 3.73. The molecule has 1 unspecified atom stereocenters. The molecule has 1 fully saturated rings. The number of amides is 2. The Labute approximate surface area is 97.4 Å². The standard InChI is InChI=1S/C11H12N2O4/c1-2-13-8(14)7-11(9(13)15,10(16)17)12-5-3-4-6-12/h3-6H,2,7H2,1H3,(H,16,17). The smallest absolute Gasteiger partial charge is 0.340 e. The zero-order chi connectivity index (χ0) is 12.6. The van der Waals surface area contributed by atoms with Crippen LogP contribution in [-0.4, -0.2) is 38.9 Å². The van der Waals surface area contributed by atoms with E-state index in [9.17, 15) is 19.5 Å². The molecule has 1 aromatic heterocycles. The fourth-order valence-electron chi connectivity index (χ4n) is 2.11. The average molecular weight is 236 g/mol. The van der Waals surface area contributed by atoms with Crippen LogP contribution in [0, 0.1) is 0 Å². The van der Waals surface area contributed by atoms with Crippen LogP contribution in [0.15, 0.2) is 24.5 Å². The molecule has 1 aliphatic rings. The topological polar surface area (TPSA) is 79.6 Å². The van der Waals surface area contributed by atoms with Gasteiger partial charge in [0.05, 0.1) is 6.42 Å². The van der Waals surface area contributed by atoms with Crippen molar-refractivity contribution in [2.45, 2.75) is 18.9 Å². The molecule has 0 spiro atoms. The van der Waals surface area contributed by atoms with Crippen molar-refractivity contribution >= 4 is 17.8 Å². The van der Waals surface area contributed by atoms with Crippen molar-refractivity contribution in [3.05, 3.63) is 24.5 Å². The van der Waals surface area contributed by atoms with Crippen LogP contribution in [0.3, 0.4) is 0 Å². The van der Waals surface area contributed by atoms with E-state index in [4.69, 9.17) is 0 Å². The lowest BCUT2D eigenvalue weighted by Gasteiger charge is -2.23. The number of aliphatic carboxylic acids is 1. The van der Waals surface area contributed by atoms with Gasteiger partial charge in [-0.25, -0.2) is 4.79 Å². The summed E-state index contributed by atoms with van der Waals surface area (Å²) in [4.78, 5) is 36.2. The first-order valence-electron chi connectivity index (χ1n) is 5.25. The monoisotopic (exact) mass is 236 g/mol. The number of aromatic nitrogens is 1. The van der Waals surface area contributed by atoms with E-state index in [0.29, 0.717) is 0 Å². The maximum atomic E-state index is 12.1. The summed E-state index contributed by atoms with van der Waals surface area (Å²) in [6.45, 7) is 1.83. The summed E-state index contributed by atoms with van der Waals surface area (Å²) in [5.41, 5.74) is -1.81. The van der Waals surface area contributed by atoms with E-state index in [1.54, 1.807) is 19.1 Å². The SMILES string of the molecule is CCN1C(=O)CC(C(=O)O)(n2cccc2)C1=O. The van der Waals surface area contributed by atoms with E-state index in [2.05, 4.69) is 0 Å². The highest BCUT2D eigenvalue weighted by Gasteiger charge is 2.58. The van der Waals surface area contributed by atoms with Gasteiger partial charge in [-0.15, -0.1) is 0 Å². The van der Waals surface area contributed by atoms with Crippen molar-refractivity contribution in [2.75, 3.05) is 6.54 Å². The lowest BCUT2D eigenvalue weighted by Crippen LogP contribution is -2.48. The number of hydrogen-bond acceptors (Lipinski definition) is 3. The number of carboxylic acids is 1. The van der Waals surface area contributed by atoms with Crippen LogP contribution in [0.1, 0.15) is 13.3 Å². The molecule has 0 aromatic carbocycles. The molecule has 90 valence electrons. The molecule has 1 atom stereocenters. The van der Waals surface area contributed by atoms with Gasteiger partial charge in [0.2, 0.25) is 11.4 Å². The molecule has 6 heteroatoms. The molecule has 0 radical (unpaired) electrons. The van der Waals surface area contributed by atoms with Gasteiger partial charge in [0.15, 0.2) is 0 Å². The quantitative estimate of drug-likeness (QED) is 0.594. The summed E-state index contributed by atoms with van der Waals surface area (Å²) >= 11 is 0. The van der Waals surface area contributed by atoms with Gasteiger partial charge in [-0.1, -0.05) is 0 Å². The summed E-state index contributed by atoms with van der Waals surface area (Å²) in [5.74, 6) is -2.43. The van der Waals surface area contributed by atoms with Crippen LogP contribution in [0.25, 0.3) is 0 Å². The van der Waals surface area contributed by atoms with E-state index in [1.807, 2.05) is 0 Å². The minimum atomic E-state index is -1.81. The van der Waals surface area contributed by atoms with Crippen molar-refractivity contribution in [2.24, 2.45) is 0 Å². The highest BCUT2D eigenvalue weighted by Crippen LogP contribution is 2.32. The Morgan fingerprint density at radius 1 is 1.41 bits per heavy atom. The van der Waals surface area contributed by atoms with Gasteiger partial charge < -0.3 is 9.67 Å². The number of hydrogen-bond donors (Lipinski definition) is 1. The van der Waals surface area contributed by atoms with E-state index in [1.165, 1.54) is 17.0 Å². The van der Waals surface area contributed by atoms with Crippen molar-refractivity contribution in [1.29, 1.82) is 0 Å². The Hall–Kier alpha value is -2.11. The van der Waals surface area contributed by atoms with Gasteiger partial charge in [0.1, 0.15) is 0 Å². The maximum absolute atomic E-state index is 12.1. The van der Waals surface area contributed by atoms with E-state index < -0.39 is 23.3 Å². The minimum Gasteiger partial charge on any atom is -0.479 e. The van der Waals surface area contributed by atoms with Crippen molar-refractivity contribution in [3.63, 3.8) is 0 Å². The van der Waals surface area contributed by atoms with E-state index >= 15 is 0 Å². The summed E-state index contributed by atoms with van der Waals surface area (Å²) in [5, 5.41) is 9.32. The third kappa shape index (κ3) is 1.37. The number of likely N-dealkylation sites (tertiary alicyclic amines) is 1. The van der Waals surface area contributed by atoms with Crippen molar-refractivity contribution in [1.82, 2.24) is 9.47 Å². The molecule has 6 nitrogen and oxygen atoms in total. The van der Waals surface area contributed by atoms with Gasteiger partial charge in [0, 0.05) is 18.9 Å². The highest BCUT2D eigenvalue weighted by atomic mass is 16.4. The molecule has 1 N–H and O–H groups in total. The largest absolute Gasteiger partial charge is 0.479 e. The van der Waals surface area contributed by atoms with Gasteiger partial charge in [-0.05, 0) is 19.1 Å². The van der Waals surface area contributed by atoms with Crippen molar-refractivity contribution < 1.29 is 19.5 Å². The predicted octanol–water partition coefficient (Wildman–Crippen LogP) is 0.0468. The van der Waals surface area contributed by atoms with Gasteiger partial charge >= 0.3 is 5.97 Å². The first-order chi connectivity index (χ1) is 8.04. The molecule has 2 heterocycles. The first-order valence-corrected chi connectivity index (χ1v) is 5.25. The lowest BCUT2D eigenvalue weighted by atomic mass is 9.97. The van der Waals surface area contributed by atoms with Gasteiger partial charge in [-0.2, -0.15) is 0 Å². The first kappa shape index (κ1) is 11.4. The van der Waals surface area contributed by atoms with Crippen LogP contribution >= 0.6 is 0 Å². The molecular formula is C11H12N2O4. The summed E-state index contributed by atoms with van der Waals surface area (Å²) < 4.78 is 1.28. The number of carbonyl (C=O) groups excluding carboxylic acids is 2. The molecule has 1 aromatic rings. The third-order valence-corrected chi connectivity index (χ3v) is 3.02. The average Bonchev–Trinajstić information content (AvgIpc) is 2.86. The Morgan fingerprint density at radius 2 is 2.00 bits per heavy atom. The molecular weight excluding hydrogens is 224 g/mol. The second-order valence-electron chi connectivity index (χ2n) is 3.88. The Morgan fingerprint density at radius 3 is 2.41 bits per heavy atom. The molecule has 0 bridgehead atoms. The normalized spacial score (nSPS) is 24.4. The van der Waals surface area contributed by atoms with Crippen LogP contribution in [-0.2, 0) is 19.9 Å². The van der Waals surface area contributed by atoms with Crippen LogP contribution in [0.2, 0.25) is 0 Å². The molecule has 2 amide bonds. The Balaban J connectivity index is 2.56. The van der Waals surface area contributed by atoms with Crippen LogP contribution in [0.4, 0.5) is 0 Å². The number of carboxylic acid groups (broad SMARTS) is 1. The molecule has 0 saturated carbocycles. The Bertz CT molecular complexity index is 480. The van der Waals surface area contributed by atoms with Crippen LogP contribution in [0.5, 0.6) is 0 Å². The maximum Gasteiger partial charge on any atom is 0.340 e. The number of imide groups is 1. The fraction of sp³-hybridized carbons (Fsp3) is 0.364. The second-order valence-corrected chi connectivity index (χ2v) is 3.88. The molecule has 0 aliphatic carbocycles. The fourth-order valence-corrected chi connectivity index (χ4v) is 2.11.